The maximum atomic E-state index is 11.6. The zero-order valence-corrected chi connectivity index (χ0v) is 38.8. The fourth-order valence-corrected chi connectivity index (χ4v) is 13.6. The minimum absolute atomic E-state index is 0.0808. The van der Waals surface area contributed by atoms with Gasteiger partial charge in [0.2, 0.25) is 0 Å². The van der Waals surface area contributed by atoms with Crippen molar-refractivity contribution in [3.05, 3.63) is 262 Å². The number of hydrogen-bond acceptors (Lipinski definition) is 3. The molecule has 0 aliphatic heterocycles. The first-order chi connectivity index (χ1) is 35.6. The van der Waals surface area contributed by atoms with Gasteiger partial charge in [0, 0.05) is 44.5 Å². The highest BCUT2D eigenvalue weighted by Gasteiger charge is 2.66. The minimum Gasteiger partial charge on any atom is -0.309 e. The molecule has 332 valence electrons. The highest BCUT2D eigenvalue weighted by atomic mass is 15.0. The largest absolute Gasteiger partial charge is 0.309 e. The predicted molar refractivity (Wildman–Crippen MR) is 288 cm³/mol. The Morgan fingerprint density at radius 3 is 1.47 bits per heavy atom. The minimum atomic E-state index is -0.620. The van der Waals surface area contributed by atoms with Crippen LogP contribution in [0.4, 0.5) is 0 Å². The Labute approximate surface area is 415 Å². The average molecular weight is 914 g/mol. The molecule has 10 aromatic carbocycles. The van der Waals surface area contributed by atoms with Crippen LogP contribution in [0.5, 0.6) is 0 Å². The van der Waals surface area contributed by atoms with E-state index in [1.807, 2.05) is 18.2 Å². The van der Waals surface area contributed by atoms with Gasteiger partial charge in [0.15, 0.2) is 0 Å². The van der Waals surface area contributed by atoms with E-state index in [1.165, 1.54) is 21.9 Å². The van der Waals surface area contributed by atoms with Crippen molar-refractivity contribution < 1.29 is 0 Å². The fourth-order valence-electron chi connectivity index (χ4n) is 13.6. The highest BCUT2D eigenvalue weighted by molar-refractivity contribution is 6.14. The van der Waals surface area contributed by atoms with Crippen molar-refractivity contribution in [3.63, 3.8) is 0 Å². The van der Waals surface area contributed by atoms with Crippen molar-refractivity contribution in [2.24, 2.45) is 0 Å². The zero-order valence-electron chi connectivity index (χ0n) is 38.8. The van der Waals surface area contributed by atoms with Gasteiger partial charge in [-0.15, -0.1) is 0 Å². The third kappa shape index (κ3) is 5.23. The summed E-state index contributed by atoms with van der Waals surface area (Å²) in [5, 5.41) is 37.4. The molecule has 15 rings (SSSR count). The van der Waals surface area contributed by atoms with E-state index in [-0.39, 0.29) is 11.8 Å². The summed E-state index contributed by atoms with van der Waals surface area (Å²) in [6, 6.07) is 83.4. The maximum Gasteiger partial charge on any atom is 0.102 e. The van der Waals surface area contributed by atoms with E-state index < -0.39 is 5.41 Å². The first-order valence-corrected chi connectivity index (χ1v) is 24.6. The van der Waals surface area contributed by atoms with Gasteiger partial charge in [0.25, 0.3) is 0 Å². The number of fused-ring (bicyclic) bond motifs is 13. The average Bonchev–Trinajstić information content (AvgIpc) is 4.04. The van der Waals surface area contributed by atoms with E-state index in [0.717, 1.165) is 99.8 Å². The van der Waals surface area contributed by atoms with Gasteiger partial charge in [0.05, 0.1) is 56.6 Å². The van der Waals surface area contributed by atoms with E-state index in [4.69, 9.17) is 0 Å². The maximum absolute atomic E-state index is 11.6. The molecule has 0 amide bonds. The molecule has 1 spiro atoms. The second-order valence-corrected chi connectivity index (χ2v) is 19.6. The lowest BCUT2D eigenvalue weighted by molar-refractivity contribution is 0.338. The number of benzene rings is 10. The Kier molecular flexibility index (Phi) is 8.31. The lowest BCUT2D eigenvalue weighted by Gasteiger charge is -2.54. The van der Waals surface area contributed by atoms with Crippen LogP contribution in [0.25, 0.3) is 88.4 Å². The monoisotopic (exact) mass is 913 g/mol. The highest BCUT2D eigenvalue weighted by Crippen LogP contribution is 2.73. The van der Waals surface area contributed by atoms with E-state index in [1.54, 1.807) is 0 Å². The number of aromatic nitrogens is 2. The fraction of sp³-hybridized carbons (Fsp3) is 0.0597. The molecule has 3 unspecified atom stereocenters. The van der Waals surface area contributed by atoms with Gasteiger partial charge in [-0.2, -0.15) is 15.8 Å². The normalized spacial score (nSPS) is 16.8. The molecule has 12 aromatic rings. The quantitative estimate of drug-likeness (QED) is 0.172. The van der Waals surface area contributed by atoms with Gasteiger partial charge in [0.1, 0.15) is 6.07 Å². The van der Waals surface area contributed by atoms with Gasteiger partial charge in [-0.05, 0) is 146 Å². The third-order valence-corrected chi connectivity index (χ3v) is 16.4. The number of rotatable bonds is 5. The second-order valence-electron chi connectivity index (χ2n) is 19.6. The molecule has 3 atom stereocenters. The Bertz CT molecular complexity index is 4460. The number of hydrogen-bond donors (Lipinski definition) is 0. The summed E-state index contributed by atoms with van der Waals surface area (Å²) in [4.78, 5) is 0. The van der Waals surface area contributed by atoms with E-state index >= 15 is 0 Å². The second kappa shape index (κ2) is 14.9. The van der Waals surface area contributed by atoms with Crippen molar-refractivity contribution in [3.8, 4) is 63.0 Å². The van der Waals surface area contributed by atoms with E-state index in [2.05, 4.69) is 221 Å². The first kappa shape index (κ1) is 40.2. The molecule has 2 heterocycles. The Morgan fingerprint density at radius 2 is 0.931 bits per heavy atom. The molecule has 0 radical (unpaired) electrons. The van der Waals surface area contributed by atoms with Crippen LogP contribution < -0.4 is 0 Å². The summed E-state index contributed by atoms with van der Waals surface area (Å²) in [6.07, 6.45) is 0.608. The summed E-state index contributed by atoms with van der Waals surface area (Å²) in [5.41, 5.74) is 20.7. The van der Waals surface area contributed by atoms with Crippen molar-refractivity contribution >= 4 is 43.6 Å². The molecule has 2 aromatic heterocycles. The van der Waals surface area contributed by atoms with Crippen LogP contribution in [-0.2, 0) is 11.8 Å². The van der Waals surface area contributed by atoms with Crippen LogP contribution in [0.3, 0.4) is 0 Å². The molecule has 0 fully saturated rings. The van der Waals surface area contributed by atoms with Crippen LogP contribution in [-0.4, -0.2) is 9.13 Å². The molecule has 2 bridgehead atoms. The summed E-state index contributed by atoms with van der Waals surface area (Å²) in [5.74, 6) is -0.212. The molecule has 0 saturated heterocycles. The lowest BCUT2D eigenvalue weighted by Crippen LogP contribution is -2.49. The third-order valence-electron chi connectivity index (χ3n) is 16.4. The standard InChI is InChI=1S/C67H39N5/c68-37-47-17-10-20-50-65(47)67-57-21-11-16-46(55(57)38-69)36-58(67)64-49(66(50)67)26-31-63(56(64)39-70)72-61-29-23-43(41-14-6-2-7-15-41)33-53(61)54-35-45(25-30-62(54)72)44-24-28-60-52(34-44)51-32-42(40-12-4-1-5-13-40)22-27-59(51)71(60)48-18-8-3-9-19-48/h1-35,58,66H,36H2. The van der Waals surface area contributed by atoms with Crippen molar-refractivity contribution in [2.75, 3.05) is 0 Å². The smallest absolute Gasteiger partial charge is 0.102 e. The van der Waals surface area contributed by atoms with Crippen LogP contribution in [0.15, 0.2) is 212 Å². The molecular formula is C67H39N5. The molecule has 72 heavy (non-hydrogen) atoms. The lowest BCUT2D eigenvalue weighted by atomic mass is 9.47. The molecule has 0 N–H and O–H groups in total. The van der Waals surface area contributed by atoms with Gasteiger partial charge >= 0.3 is 0 Å². The number of nitrogens with zero attached hydrogens (tertiary/aromatic N) is 5. The number of para-hydroxylation sites is 1. The van der Waals surface area contributed by atoms with E-state index in [0.29, 0.717) is 23.1 Å². The zero-order chi connectivity index (χ0) is 47.8. The van der Waals surface area contributed by atoms with Crippen molar-refractivity contribution in [1.29, 1.82) is 15.8 Å². The van der Waals surface area contributed by atoms with Crippen molar-refractivity contribution in [2.45, 2.75) is 23.7 Å². The van der Waals surface area contributed by atoms with Gasteiger partial charge in [-0.1, -0.05) is 140 Å². The van der Waals surface area contributed by atoms with Crippen LogP contribution in [0.2, 0.25) is 0 Å². The summed E-state index contributed by atoms with van der Waals surface area (Å²) in [6.45, 7) is 0. The SMILES string of the molecule is N#Cc1cccc2c1C13c4cccc(c4C#N)CC1c1c(ccc(-n4c5ccc(-c6ccccc6)cc5c5cc(-c6ccc7c(c6)c6cc(-c8ccccc8)ccc6n7-c6ccccc6)ccc54)c1C#N)C23. The van der Waals surface area contributed by atoms with Gasteiger partial charge in [-0.3, -0.25) is 0 Å². The summed E-state index contributed by atoms with van der Waals surface area (Å²) in [7, 11) is 0. The van der Waals surface area contributed by atoms with Crippen LogP contribution in [0.1, 0.15) is 61.9 Å². The Balaban J connectivity index is 0.952. The summed E-state index contributed by atoms with van der Waals surface area (Å²) < 4.78 is 4.67. The Morgan fingerprint density at radius 1 is 0.417 bits per heavy atom. The number of nitriles is 3. The molecule has 5 nitrogen and oxygen atoms in total. The van der Waals surface area contributed by atoms with Gasteiger partial charge in [-0.25, -0.2) is 0 Å². The Hall–Kier alpha value is -9.73. The molecule has 3 aliphatic rings. The van der Waals surface area contributed by atoms with Gasteiger partial charge < -0.3 is 9.13 Å². The predicted octanol–water partition coefficient (Wildman–Crippen LogP) is 15.6. The van der Waals surface area contributed by atoms with E-state index in [9.17, 15) is 15.8 Å². The van der Waals surface area contributed by atoms with Crippen molar-refractivity contribution in [1.82, 2.24) is 9.13 Å². The topological polar surface area (TPSA) is 81.2 Å². The first-order valence-electron chi connectivity index (χ1n) is 24.6. The molecule has 3 aliphatic carbocycles. The summed E-state index contributed by atoms with van der Waals surface area (Å²) >= 11 is 0. The van der Waals surface area contributed by atoms with Crippen LogP contribution >= 0.6 is 0 Å². The molecular weight excluding hydrogens is 875 g/mol. The van der Waals surface area contributed by atoms with Crippen LogP contribution in [0, 0.1) is 34.0 Å². The molecule has 5 heteroatoms. The molecule has 0 saturated carbocycles.